The van der Waals surface area contributed by atoms with E-state index in [-0.39, 0.29) is 23.6 Å². The van der Waals surface area contributed by atoms with E-state index in [9.17, 15) is 22.4 Å². The van der Waals surface area contributed by atoms with Gasteiger partial charge in [-0.3, -0.25) is 9.69 Å². The number of carboxylic acid groups (broad SMARTS) is 1. The number of aliphatic carboxylic acids is 1. The van der Waals surface area contributed by atoms with Crippen molar-refractivity contribution in [1.82, 2.24) is 19.9 Å². The highest BCUT2D eigenvalue weighted by Gasteiger charge is 2.32. The zero-order chi connectivity index (χ0) is 32.0. The molecule has 2 aromatic heterocycles. The molecule has 240 valence electrons. The van der Waals surface area contributed by atoms with Crippen molar-refractivity contribution in [3.8, 4) is 11.3 Å². The number of anilines is 4. The van der Waals surface area contributed by atoms with Crippen molar-refractivity contribution in [2.24, 2.45) is 5.92 Å². The van der Waals surface area contributed by atoms with Gasteiger partial charge in [0, 0.05) is 64.6 Å². The van der Waals surface area contributed by atoms with Gasteiger partial charge in [-0.25, -0.2) is 19.3 Å². The normalized spacial score (nSPS) is 14.3. The Bertz CT molecular complexity index is 1430. The fourth-order valence-corrected chi connectivity index (χ4v) is 5.95. The minimum Gasteiger partial charge on any atom is -0.481 e. The van der Waals surface area contributed by atoms with Crippen LogP contribution < -0.4 is 15.1 Å². The lowest BCUT2D eigenvalue weighted by Crippen LogP contribution is -2.47. The highest BCUT2D eigenvalue weighted by molar-refractivity contribution is 7.20. The van der Waals surface area contributed by atoms with Gasteiger partial charge in [0.1, 0.15) is 34.0 Å². The fraction of sp³-hybridized carbons (Fsp3) is 0.517. The molecule has 3 aromatic rings. The summed E-state index contributed by atoms with van der Waals surface area (Å²) < 4.78 is 60.6. The minimum absolute atomic E-state index is 0.0168. The maximum absolute atomic E-state index is 14.5. The number of methoxy groups -OCH3 is 1. The number of rotatable bonds is 13. The molecule has 0 radical (unpaired) electrons. The molecule has 3 heterocycles. The number of nitrogens with zero attached hydrogens (tertiary/aromatic N) is 6. The summed E-state index contributed by atoms with van der Waals surface area (Å²) >= 11 is 1.24. The number of benzene rings is 1. The second-order valence-electron chi connectivity index (χ2n) is 11.0. The molecule has 0 spiro atoms. The number of piperazine rings is 1. The zero-order valence-corrected chi connectivity index (χ0v) is 25.9. The summed E-state index contributed by atoms with van der Waals surface area (Å²) in [5, 5.41) is 13.1. The van der Waals surface area contributed by atoms with Crippen LogP contribution in [0.4, 0.5) is 39.3 Å². The number of aromatic nitrogens is 3. The number of aryl methyl sites for hydroxylation is 1. The summed E-state index contributed by atoms with van der Waals surface area (Å²) in [6, 6.07) is 4.23. The Labute approximate surface area is 257 Å². The van der Waals surface area contributed by atoms with Gasteiger partial charge in [0.25, 0.3) is 0 Å². The van der Waals surface area contributed by atoms with E-state index in [0.717, 1.165) is 12.1 Å². The lowest BCUT2D eigenvalue weighted by molar-refractivity contribution is -0.138. The molecule has 1 saturated heterocycles. The van der Waals surface area contributed by atoms with Gasteiger partial charge in [0.2, 0.25) is 0 Å². The Balaban J connectivity index is 1.66. The van der Waals surface area contributed by atoms with E-state index < -0.39 is 23.5 Å². The van der Waals surface area contributed by atoms with E-state index >= 15 is 0 Å². The standard InChI is InChI=1S/C29H37F4N7O3S/c1-18(2)17-40(11-12-43-4)27-26(20-13-21(29(31,32)33)15-22(30)14-20)37-28(44-27)36-23-16-24(35-19(3)34-23)39-9-7-38(8-10-39)6-5-25(41)42/h13-16,18H,5-12,17H2,1-4H3,(H,41,42)(H,34,35,36,37). The van der Waals surface area contributed by atoms with Gasteiger partial charge in [0.15, 0.2) is 5.13 Å². The number of ether oxygens (including phenoxy) is 1. The fourth-order valence-electron chi connectivity index (χ4n) is 4.92. The van der Waals surface area contributed by atoms with Crippen LogP contribution in [-0.2, 0) is 15.7 Å². The third kappa shape index (κ3) is 8.99. The molecule has 0 atom stereocenters. The van der Waals surface area contributed by atoms with Gasteiger partial charge < -0.3 is 25.0 Å². The van der Waals surface area contributed by atoms with Gasteiger partial charge in [-0.05, 0) is 31.0 Å². The molecule has 0 aliphatic carbocycles. The van der Waals surface area contributed by atoms with E-state index in [2.05, 4.69) is 30.1 Å². The lowest BCUT2D eigenvalue weighted by Gasteiger charge is -2.35. The summed E-state index contributed by atoms with van der Waals surface area (Å²) in [6.07, 6.45) is -4.63. The van der Waals surface area contributed by atoms with Crippen LogP contribution in [0.1, 0.15) is 31.7 Å². The van der Waals surface area contributed by atoms with Crippen LogP contribution in [-0.4, -0.2) is 90.5 Å². The van der Waals surface area contributed by atoms with Crippen LogP contribution in [0.15, 0.2) is 24.3 Å². The predicted molar refractivity (Wildman–Crippen MR) is 162 cm³/mol. The number of carboxylic acids is 1. The Morgan fingerprint density at radius 2 is 1.86 bits per heavy atom. The topological polar surface area (TPSA) is 107 Å². The van der Waals surface area contributed by atoms with Crippen LogP contribution in [0.2, 0.25) is 0 Å². The van der Waals surface area contributed by atoms with Crippen molar-refractivity contribution >= 4 is 39.1 Å². The Morgan fingerprint density at radius 3 is 2.50 bits per heavy atom. The average Bonchev–Trinajstić information content (AvgIpc) is 3.36. The first-order valence-corrected chi connectivity index (χ1v) is 15.1. The monoisotopic (exact) mass is 639 g/mol. The number of nitrogens with one attached hydrogen (secondary N) is 1. The number of hydrogen-bond acceptors (Lipinski definition) is 10. The molecule has 15 heteroatoms. The van der Waals surface area contributed by atoms with Crippen molar-refractivity contribution in [3.63, 3.8) is 0 Å². The molecule has 1 aliphatic heterocycles. The molecule has 0 amide bonds. The molecular formula is C29H37F4N7O3S. The number of halogens is 4. The molecule has 0 bridgehead atoms. The van der Waals surface area contributed by atoms with E-state index in [1.54, 1.807) is 20.1 Å². The first kappa shape index (κ1) is 33.3. The van der Waals surface area contributed by atoms with Crippen LogP contribution in [0.3, 0.4) is 0 Å². The van der Waals surface area contributed by atoms with Gasteiger partial charge >= 0.3 is 12.1 Å². The van der Waals surface area contributed by atoms with Crippen LogP contribution >= 0.6 is 11.3 Å². The Morgan fingerprint density at radius 1 is 1.14 bits per heavy atom. The average molecular weight is 640 g/mol. The molecule has 1 aromatic carbocycles. The third-order valence-electron chi connectivity index (χ3n) is 6.94. The van der Waals surface area contributed by atoms with Crippen LogP contribution in [0, 0.1) is 18.7 Å². The lowest BCUT2D eigenvalue weighted by atomic mass is 10.1. The predicted octanol–water partition coefficient (Wildman–Crippen LogP) is 5.52. The van der Waals surface area contributed by atoms with Crippen molar-refractivity contribution in [3.05, 3.63) is 41.5 Å². The highest BCUT2D eigenvalue weighted by atomic mass is 32.1. The molecule has 1 fully saturated rings. The summed E-state index contributed by atoms with van der Waals surface area (Å²) in [7, 11) is 1.57. The van der Waals surface area contributed by atoms with E-state index in [1.165, 1.54) is 11.3 Å². The summed E-state index contributed by atoms with van der Waals surface area (Å²) in [4.78, 5) is 30.8. The second-order valence-corrected chi connectivity index (χ2v) is 12.0. The molecule has 10 nitrogen and oxygen atoms in total. The van der Waals surface area contributed by atoms with Crippen LogP contribution in [0.5, 0.6) is 0 Å². The second kappa shape index (κ2) is 14.5. The molecule has 0 saturated carbocycles. The largest absolute Gasteiger partial charge is 0.481 e. The molecule has 44 heavy (non-hydrogen) atoms. The zero-order valence-electron chi connectivity index (χ0n) is 25.1. The van der Waals surface area contributed by atoms with Crippen molar-refractivity contribution in [2.45, 2.75) is 33.4 Å². The van der Waals surface area contributed by atoms with Gasteiger partial charge in [0.05, 0.1) is 18.6 Å². The number of carbonyl (C=O) groups is 1. The third-order valence-corrected chi connectivity index (χ3v) is 7.98. The number of alkyl halides is 3. The first-order valence-electron chi connectivity index (χ1n) is 14.3. The van der Waals surface area contributed by atoms with Crippen molar-refractivity contribution < 1.29 is 32.2 Å². The quantitative estimate of drug-likeness (QED) is 0.233. The van der Waals surface area contributed by atoms with E-state index in [0.29, 0.717) is 86.1 Å². The SMILES string of the molecule is COCCN(CC(C)C)c1sc(Nc2cc(N3CCN(CCC(=O)O)CC3)nc(C)n2)nc1-c1cc(F)cc(C(F)(F)F)c1. The van der Waals surface area contributed by atoms with Gasteiger partial charge in [-0.2, -0.15) is 13.2 Å². The number of hydrogen-bond donors (Lipinski definition) is 2. The summed E-state index contributed by atoms with van der Waals surface area (Å²) in [6.45, 7) is 10.4. The number of thiazole rings is 1. The highest BCUT2D eigenvalue weighted by Crippen LogP contribution is 2.42. The first-order chi connectivity index (χ1) is 20.8. The van der Waals surface area contributed by atoms with Crippen LogP contribution in [0.25, 0.3) is 11.3 Å². The smallest absolute Gasteiger partial charge is 0.416 e. The molecule has 4 rings (SSSR count). The summed E-state index contributed by atoms with van der Waals surface area (Å²) in [5.74, 6) is 0.0402. The Hall–Kier alpha value is -3.56. The van der Waals surface area contributed by atoms with Crippen molar-refractivity contribution in [2.75, 3.05) is 74.6 Å². The molecule has 1 aliphatic rings. The maximum atomic E-state index is 14.5. The Kier molecular flexibility index (Phi) is 11.0. The molecular weight excluding hydrogens is 602 g/mol. The molecule has 2 N–H and O–H groups in total. The van der Waals surface area contributed by atoms with E-state index in [4.69, 9.17) is 9.84 Å². The maximum Gasteiger partial charge on any atom is 0.416 e. The minimum atomic E-state index is -4.72. The van der Waals surface area contributed by atoms with Crippen molar-refractivity contribution in [1.29, 1.82) is 0 Å². The van der Waals surface area contributed by atoms with Gasteiger partial charge in [-0.1, -0.05) is 25.2 Å². The van der Waals surface area contributed by atoms with Gasteiger partial charge in [-0.15, -0.1) is 0 Å². The molecule has 0 unspecified atom stereocenters. The summed E-state index contributed by atoms with van der Waals surface area (Å²) in [5.41, 5.74) is -0.849. The van der Waals surface area contributed by atoms with E-state index in [1.807, 2.05) is 18.7 Å².